The van der Waals surface area contributed by atoms with Crippen molar-refractivity contribution < 1.29 is 24.2 Å². The highest BCUT2D eigenvalue weighted by Crippen LogP contribution is 2.42. The van der Waals surface area contributed by atoms with Gasteiger partial charge in [0.15, 0.2) is 0 Å². The number of ketones is 1. The number of halogens is 2. The second kappa shape index (κ2) is 9.08. The van der Waals surface area contributed by atoms with Crippen LogP contribution in [0.1, 0.15) is 22.7 Å². The smallest absolute Gasteiger partial charge is 0.295 e. The number of Topliss-reactive ketones (excluding diaryl/α,β-unsaturated/α-hetero) is 1. The van der Waals surface area contributed by atoms with E-state index in [0.717, 1.165) is 0 Å². The van der Waals surface area contributed by atoms with Crippen LogP contribution in [0.3, 0.4) is 0 Å². The molecule has 0 bridgehead atoms. The van der Waals surface area contributed by atoms with Gasteiger partial charge in [-0.05, 0) is 48.4 Å². The molecule has 1 saturated heterocycles. The van der Waals surface area contributed by atoms with Crippen LogP contribution >= 0.6 is 23.2 Å². The highest BCUT2D eigenvalue weighted by atomic mass is 35.5. The minimum Gasteiger partial charge on any atom is -0.507 e. The Hall–Kier alpha value is -2.54. The molecule has 30 heavy (non-hydrogen) atoms. The summed E-state index contributed by atoms with van der Waals surface area (Å²) in [4.78, 5) is 27.1. The maximum Gasteiger partial charge on any atom is 0.295 e. The number of amides is 1. The molecule has 1 amide bonds. The maximum absolute atomic E-state index is 12.9. The van der Waals surface area contributed by atoms with Crippen LogP contribution in [0.4, 0.5) is 0 Å². The SMILES string of the molecule is COCCN1C(=O)C(=O)/C(=C(/O)c2ccc(OC)cc2C)C1c1ccc(Cl)cc1Cl. The highest BCUT2D eigenvalue weighted by Gasteiger charge is 2.46. The third-order valence-corrected chi connectivity index (χ3v) is 5.58. The quantitative estimate of drug-likeness (QED) is 0.402. The largest absolute Gasteiger partial charge is 0.507 e. The van der Waals surface area contributed by atoms with E-state index in [4.69, 9.17) is 32.7 Å². The van der Waals surface area contributed by atoms with Crippen molar-refractivity contribution in [2.24, 2.45) is 0 Å². The lowest BCUT2D eigenvalue weighted by Gasteiger charge is -2.26. The second-order valence-corrected chi connectivity index (χ2v) is 7.68. The lowest BCUT2D eigenvalue weighted by atomic mass is 9.94. The monoisotopic (exact) mass is 449 g/mol. The average molecular weight is 450 g/mol. The van der Waals surface area contributed by atoms with Crippen molar-refractivity contribution in [1.82, 2.24) is 4.90 Å². The van der Waals surface area contributed by atoms with E-state index >= 15 is 0 Å². The van der Waals surface area contributed by atoms with Gasteiger partial charge in [0, 0.05) is 29.3 Å². The number of hydrogen-bond acceptors (Lipinski definition) is 5. The van der Waals surface area contributed by atoms with Gasteiger partial charge in [0.1, 0.15) is 11.5 Å². The minimum absolute atomic E-state index is 0.0337. The number of ether oxygens (including phenoxy) is 2. The Kier molecular flexibility index (Phi) is 6.71. The van der Waals surface area contributed by atoms with Crippen LogP contribution in [0.2, 0.25) is 10.0 Å². The molecule has 158 valence electrons. The fraction of sp³-hybridized carbons (Fsp3) is 0.273. The van der Waals surface area contributed by atoms with Gasteiger partial charge in [-0.25, -0.2) is 0 Å². The van der Waals surface area contributed by atoms with E-state index in [1.54, 1.807) is 37.3 Å². The summed E-state index contributed by atoms with van der Waals surface area (Å²) in [6.07, 6.45) is 0. The van der Waals surface area contributed by atoms with E-state index in [-0.39, 0.29) is 29.5 Å². The molecule has 2 aromatic carbocycles. The maximum atomic E-state index is 12.9. The molecule has 1 heterocycles. The molecule has 2 aromatic rings. The summed E-state index contributed by atoms with van der Waals surface area (Å²) in [6, 6.07) is 8.99. The lowest BCUT2D eigenvalue weighted by Crippen LogP contribution is -2.32. The fourth-order valence-corrected chi connectivity index (χ4v) is 4.03. The first-order chi connectivity index (χ1) is 14.3. The van der Waals surface area contributed by atoms with Crippen molar-refractivity contribution >= 4 is 40.7 Å². The van der Waals surface area contributed by atoms with Crippen LogP contribution in [0.25, 0.3) is 5.76 Å². The molecule has 1 fully saturated rings. The third kappa shape index (κ3) is 4.03. The second-order valence-electron chi connectivity index (χ2n) is 6.83. The summed E-state index contributed by atoms with van der Waals surface area (Å²) in [6.45, 7) is 2.16. The predicted octanol–water partition coefficient (Wildman–Crippen LogP) is 4.38. The van der Waals surface area contributed by atoms with E-state index in [1.165, 1.54) is 25.2 Å². The third-order valence-electron chi connectivity index (χ3n) is 5.02. The number of aryl methyl sites for hydroxylation is 1. The van der Waals surface area contributed by atoms with E-state index in [9.17, 15) is 14.7 Å². The average Bonchev–Trinajstić information content (AvgIpc) is 2.96. The van der Waals surface area contributed by atoms with Gasteiger partial charge < -0.3 is 19.5 Å². The molecule has 1 atom stereocenters. The number of hydrogen-bond donors (Lipinski definition) is 1. The predicted molar refractivity (Wildman–Crippen MR) is 115 cm³/mol. The first-order valence-corrected chi connectivity index (χ1v) is 9.93. The Morgan fingerprint density at radius 2 is 1.87 bits per heavy atom. The Bertz CT molecular complexity index is 1030. The van der Waals surface area contributed by atoms with Gasteiger partial charge in [0.05, 0.1) is 25.3 Å². The molecule has 0 spiro atoms. The Morgan fingerprint density at radius 3 is 2.47 bits per heavy atom. The number of rotatable bonds is 6. The number of benzene rings is 2. The molecule has 8 heteroatoms. The van der Waals surface area contributed by atoms with E-state index < -0.39 is 17.7 Å². The first-order valence-electron chi connectivity index (χ1n) is 9.17. The molecular weight excluding hydrogens is 429 g/mol. The fourth-order valence-electron chi connectivity index (χ4n) is 3.52. The zero-order chi connectivity index (χ0) is 22.0. The van der Waals surface area contributed by atoms with Gasteiger partial charge in [-0.3, -0.25) is 9.59 Å². The topological polar surface area (TPSA) is 76.1 Å². The van der Waals surface area contributed by atoms with Gasteiger partial charge in [0.2, 0.25) is 0 Å². The van der Waals surface area contributed by atoms with Crippen molar-refractivity contribution in [2.45, 2.75) is 13.0 Å². The van der Waals surface area contributed by atoms with Crippen LogP contribution in [0, 0.1) is 6.92 Å². The van der Waals surface area contributed by atoms with E-state index in [1.807, 2.05) is 0 Å². The van der Waals surface area contributed by atoms with Crippen molar-refractivity contribution in [3.8, 4) is 5.75 Å². The Balaban J connectivity index is 2.22. The van der Waals surface area contributed by atoms with Gasteiger partial charge in [-0.15, -0.1) is 0 Å². The molecule has 0 aromatic heterocycles. The molecule has 0 radical (unpaired) electrons. The summed E-state index contributed by atoms with van der Waals surface area (Å²) in [5, 5.41) is 11.8. The molecular formula is C22H21Cl2NO5. The summed E-state index contributed by atoms with van der Waals surface area (Å²) in [5.41, 5.74) is 1.57. The number of carbonyl (C=O) groups is 2. The molecule has 0 aliphatic carbocycles. The Labute approximate surface area is 184 Å². The normalized spacial score (nSPS) is 18.2. The standard InChI is InChI=1S/C22H21Cl2NO5/c1-12-10-14(30-3)5-7-15(12)20(26)18-19(16-6-4-13(23)11-17(16)24)25(8-9-29-2)22(28)21(18)27/h4-7,10-11,19,26H,8-9H2,1-3H3/b20-18+. The van der Waals surface area contributed by atoms with Crippen LogP contribution in [-0.4, -0.2) is 49.1 Å². The molecule has 3 rings (SSSR count). The minimum atomic E-state index is -0.869. The van der Waals surface area contributed by atoms with Gasteiger partial charge >= 0.3 is 0 Å². The van der Waals surface area contributed by atoms with Crippen molar-refractivity contribution in [1.29, 1.82) is 0 Å². The van der Waals surface area contributed by atoms with E-state index in [0.29, 0.717) is 27.5 Å². The van der Waals surface area contributed by atoms with Gasteiger partial charge in [-0.2, -0.15) is 0 Å². The highest BCUT2D eigenvalue weighted by molar-refractivity contribution is 6.47. The summed E-state index contributed by atoms with van der Waals surface area (Å²) in [5.74, 6) is -1.17. The number of methoxy groups -OCH3 is 2. The van der Waals surface area contributed by atoms with Crippen LogP contribution in [0.15, 0.2) is 42.0 Å². The summed E-state index contributed by atoms with van der Waals surface area (Å²) < 4.78 is 10.3. The zero-order valence-electron chi connectivity index (χ0n) is 16.7. The Morgan fingerprint density at radius 1 is 1.13 bits per heavy atom. The van der Waals surface area contributed by atoms with Gasteiger partial charge in [-0.1, -0.05) is 29.3 Å². The number of likely N-dealkylation sites (tertiary alicyclic amines) is 1. The molecule has 1 aliphatic heterocycles. The van der Waals surface area contributed by atoms with E-state index in [2.05, 4.69) is 0 Å². The number of aliphatic hydroxyl groups excluding tert-OH is 1. The summed E-state index contributed by atoms with van der Waals surface area (Å²) in [7, 11) is 3.04. The van der Waals surface area contributed by atoms with Crippen LogP contribution in [0.5, 0.6) is 5.75 Å². The number of aliphatic hydroxyl groups is 1. The van der Waals surface area contributed by atoms with Crippen LogP contribution in [-0.2, 0) is 14.3 Å². The first kappa shape index (κ1) is 22.2. The molecule has 1 unspecified atom stereocenters. The number of carbonyl (C=O) groups excluding carboxylic acids is 2. The van der Waals surface area contributed by atoms with Gasteiger partial charge in [0.25, 0.3) is 11.7 Å². The van der Waals surface area contributed by atoms with Crippen molar-refractivity contribution in [3.63, 3.8) is 0 Å². The zero-order valence-corrected chi connectivity index (χ0v) is 18.3. The molecule has 6 nitrogen and oxygen atoms in total. The summed E-state index contributed by atoms with van der Waals surface area (Å²) >= 11 is 12.4. The molecule has 1 aliphatic rings. The van der Waals surface area contributed by atoms with Crippen molar-refractivity contribution in [3.05, 3.63) is 68.7 Å². The molecule has 0 saturated carbocycles. The number of nitrogens with zero attached hydrogens (tertiary/aromatic N) is 1. The van der Waals surface area contributed by atoms with Crippen LogP contribution < -0.4 is 4.74 Å². The van der Waals surface area contributed by atoms with Crippen molar-refractivity contribution in [2.75, 3.05) is 27.4 Å². The molecule has 1 N–H and O–H groups in total. The lowest BCUT2D eigenvalue weighted by molar-refractivity contribution is -0.140.